The van der Waals surface area contributed by atoms with Crippen LogP contribution in [-0.4, -0.2) is 15.9 Å². The molecule has 0 unspecified atom stereocenters. The Balaban J connectivity index is 2.20. The maximum Gasteiger partial charge on any atom is 0.0912 e. The summed E-state index contributed by atoms with van der Waals surface area (Å²) in [6.07, 6.45) is 3.98. The summed E-state index contributed by atoms with van der Waals surface area (Å²) in [4.78, 5) is 3.93. The molecule has 0 fully saturated rings. The largest absolute Gasteiger partial charge is 0.411 e. The standard InChI is InChI=1S/C13H12N2O/c16-15-13(12-6-8-14-9-7-12)10-11-4-2-1-3-5-11/h1-9,16H,10H2. The summed E-state index contributed by atoms with van der Waals surface area (Å²) in [6.45, 7) is 0. The molecule has 1 aromatic carbocycles. The maximum absolute atomic E-state index is 9.01. The average Bonchev–Trinajstić information content (AvgIpc) is 2.38. The highest BCUT2D eigenvalue weighted by molar-refractivity contribution is 6.01. The minimum atomic E-state index is 0.612. The van der Waals surface area contributed by atoms with Crippen LogP contribution in [0, 0.1) is 0 Å². The number of aromatic nitrogens is 1. The minimum absolute atomic E-state index is 0.612. The minimum Gasteiger partial charge on any atom is -0.411 e. The molecule has 80 valence electrons. The molecule has 0 saturated carbocycles. The number of rotatable bonds is 3. The highest BCUT2D eigenvalue weighted by Crippen LogP contribution is 2.07. The molecule has 2 aromatic rings. The number of hydrogen-bond acceptors (Lipinski definition) is 3. The predicted molar refractivity (Wildman–Crippen MR) is 62.7 cm³/mol. The third-order valence-corrected chi connectivity index (χ3v) is 2.35. The quantitative estimate of drug-likeness (QED) is 0.482. The molecule has 1 N–H and O–H groups in total. The molecule has 1 aromatic heterocycles. The van der Waals surface area contributed by atoms with Gasteiger partial charge in [0.25, 0.3) is 0 Å². The zero-order valence-electron chi connectivity index (χ0n) is 8.74. The molecule has 2 rings (SSSR count). The fraction of sp³-hybridized carbons (Fsp3) is 0.0769. The second-order valence-corrected chi connectivity index (χ2v) is 3.44. The van der Waals surface area contributed by atoms with Crippen molar-refractivity contribution in [2.45, 2.75) is 6.42 Å². The molecule has 0 aliphatic rings. The topological polar surface area (TPSA) is 45.5 Å². The lowest BCUT2D eigenvalue weighted by atomic mass is 10.0. The first kappa shape index (κ1) is 10.4. The Hall–Kier alpha value is -2.16. The van der Waals surface area contributed by atoms with Gasteiger partial charge in [-0.1, -0.05) is 35.5 Å². The normalized spacial score (nSPS) is 11.4. The van der Waals surface area contributed by atoms with Crippen molar-refractivity contribution in [2.24, 2.45) is 5.16 Å². The molecule has 3 nitrogen and oxygen atoms in total. The van der Waals surface area contributed by atoms with E-state index in [2.05, 4.69) is 10.1 Å². The highest BCUT2D eigenvalue weighted by Gasteiger charge is 2.04. The van der Waals surface area contributed by atoms with Crippen molar-refractivity contribution in [3.05, 3.63) is 66.0 Å². The van der Waals surface area contributed by atoms with Gasteiger partial charge in [-0.05, 0) is 17.7 Å². The Morgan fingerprint density at radius 2 is 1.75 bits per heavy atom. The zero-order chi connectivity index (χ0) is 11.2. The monoisotopic (exact) mass is 212 g/mol. The predicted octanol–water partition coefficient (Wildman–Crippen LogP) is 2.50. The van der Waals surface area contributed by atoms with Crippen molar-refractivity contribution < 1.29 is 5.21 Å². The van der Waals surface area contributed by atoms with Crippen LogP contribution in [0.15, 0.2) is 60.0 Å². The molecule has 0 spiro atoms. The summed E-state index contributed by atoms with van der Waals surface area (Å²) in [5, 5.41) is 12.4. The van der Waals surface area contributed by atoms with E-state index < -0.39 is 0 Å². The Kier molecular flexibility index (Phi) is 3.28. The van der Waals surface area contributed by atoms with Crippen LogP contribution < -0.4 is 0 Å². The van der Waals surface area contributed by atoms with Crippen LogP contribution in [0.3, 0.4) is 0 Å². The molecule has 0 aliphatic carbocycles. The van der Waals surface area contributed by atoms with Crippen molar-refractivity contribution in [2.75, 3.05) is 0 Å². The van der Waals surface area contributed by atoms with E-state index in [4.69, 9.17) is 5.21 Å². The molecular formula is C13H12N2O. The van der Waals surface area contributed by atoms with Gasteiger partial charge in [0.15, 0.2) is 0 Å². The first-order chi connectivity index (χ1) is 7.90. The second kappa shape index (κ2) is 5.07. The van der Waals surface area contributed by atoms with Gasteiger partial charge in [0.05, 0.1) is 5.71 Å². The van der Waals surface area contributed by atoms with Crippen LogP contribution in [0.2, 0.25) is 0 Å². The molecule has 1 heterocycles. The van der Waals surface area contributed by atoms with E-state index in [1.807, 2.05) is 42.5 Å². The number of benzene rings is 1. The third-order valence-electron chi connectivity index (χ3n) is 2.35. The van der Waals surface area contributed by atoms with Crippen molar-refractivity contribution >= 4 is 5.71 Å². The molecule has 3 heteroatoms. The molecule has 0 atom stereocenters. The van der Waals surface area contributed by atoms with E-state index in [0.29, 0.717) is 12.1 Å². The van der Waals surface area contributed by atoms with E-state index in [-0.39, 0.29) is 0 Å². The summed E-state index contributed by atoms with van der Waals surface area (Å²) >= 11 is 0. The van der Waals surface area contributed by atoms with E-state index >= 15 is 0 Å². The van der Waals surface area contributed by atoms with E-state index in [9.17, 15) is 0 Å². The van der Waals surface area contributed by atoms with Gasteiger partial charge in [-0.2, -0.15) is 0 Å². The van der Waals surface area contributed by atoms with Crippen LogP contribution in [0.5, 0.6) is 0 Å². The van der Waals surface area contributed by atoms with Crippen LogP contribution in [-0.2, 0) is 6.42 Å². The second-order valence-electron chi connectivity index (χ2n) is 3.44. The van der Waals surface area contributed by atoms with Gasteiger partial charge in [-0.15, -0.1) is 0 Å². The summed E-state index contributed by atoms with van der Waals surface area (Å²) in [5.74, 6) is 0. The number of pyridine rings is 1. The summed E-state index contributed by atoms with van der Waals surface area (Å²) in [5.41, 5.74) is 2.65. The molecule has 0 radical (unpaired) electrons. The highest BCUT2D eigenvalue weighted by atomic mass is 16.4. The van der Waals surface area contributed by atoms with Gasteiger partial charge in [0, 0.05) is 24.4 Å². The van der Waals surface area contributed by atoms with Gasteiger partial charge in [0.2, 0.25) is 0 Å². The smallest absolute Gasteiger partial charge is 0.0912 e. The van der Waals surface area contributed by atoms with Gasteiger partial charge < -0.3 is 5.21 Å². The lowest BCUT2D eigenvalue weighted by Gasteiger charge is -2.04. The first-order valence-electron chi connectivity index (χ1n) is 5.05. The molecule has 0 amide bonds. The number of nitrogens with zero attached hydrogens (tertiary/aromatic N) is 2. The molecule has 0 saturated heterocycles. The van der Waals surface area contributed by atoms with Crippen molar-refractivity contribution in [3.63, 3.8) is 0 Å². The van der Waals surface area contributed by atoms with Crippen LogP contribution in [0.4, 0.5) is 0 Å². The summed E-state index contributed by atoms with van der Waals surface area (Å²) in [7, 11) is 0. The molecule has 0 bridgehead atoms. The van der Waals surface area contributed by atoms with Gasteiger partial charge in [-0.25, -0.2) is 0 Å². The Labute approximate surface area is 94.1 Å². The van der Waals surface area contributed by atoms with Crippen molar-refractivity contribution in [1.82, 2.24) is 4.98 Å². The van der Waals surface area contributed by atoms with Gasteiger partial charge in [-0.3, -0.25) is 4.98 Å². The van der Waals surface area contributed by atoms with Crippen LogP contribution in [0.25, 0.3) is 0 Å². The number of oxime groups is 1. The van der Waals surface area contributed by atoms with E-state index in [1.165, 1.54) is 0 Å². The molecule has 16 heavy (non-hydrogen) atoms. The fourth-order valence-electron chi connectivity index (χ4n) is 1.53. The number of hydrogen-bond donors (Lipinski definition) is 1. The molecular weight excluding hydrogens is 200 g/mol. The Morgan fingerprint density at radius 3 is 2.38 bits per heavy atom. The third kappa shape index (κ3) is 2.45. The zero-order valence-corrected chi connectivity index (χ0v) is 8.74. The Morgan fingerprint density at radius 1 is 1.06 bits per heavy atom. The maximum atomic E-state index is 9.01. The van der Waals surface area contributed by atoms with Crippen LogP contribution in [0.1, 0.15) is 11.1 Å². The van der Waals surface area contributed by atoms with Gasteiger partial charge >= 0.3 is 0 Å². The lowest BCUT2D eigenvalue weighted by molar-refractivity contribution is 0.318. The van der Waals surface area contributed by atoms with E-state index in [1.54, 1.807) is 12.4 Å². The average molecular weight is 212 g/mol. The summed E-state index contributed by atoms with van der Waals surface area (Å²) < 4.78 is 0. The van der Waals surface area contributed by atoms with Crippen molar-refractivity contribution in [3.8, 4) is 0 Å². The lowest BCUT2D eigenvalue weighted by Crippen LogP contribution is -2.05. The molecule has 0 aliphatic heterocycles. The SMILES string of the molecule is ON=C(Cc1ccccc1)c1ccncc1. The van der Waals surface area contributed by atoms with Crippen LogP contribution >= 0.6 is 0 Å². The first-order valence-corrected chi connectivity index (χ1v) is 5.05. The fourth-order valence-corrected chi connectivity index (χ4v) is 1.53. The van der Waals surface area contributed by atoms with Gasteiger partial charge in [0.1, 0.15) is 0 Å². The van der Waals surface area contributed by atoms with E-state index in [0.717, 1.165) is 11.1 Å². The Bertz CT molecular complexity index is 466. The summed E-state index contributed by atoms with van der Waals surface area (Å²) in [6, 6.07) is 13.6. The van der Waals surface area contributed by atoms with Crippen molar-refractivity contribution in [1.29, 1.82) is 0 Å².